The van der Waals surface area contributed by atoms with E-state index in [2.05, 4.69) is 26.1 Å². The maximum atomic E-state index is 12.9. The molecule has 0 aromatic heterocycles. The topological polar surface area (TPSA) is 75.7 Å². The average Bonchev–Trinajstić information content (AvgIpc) is 2.61. The standard InChI is InChI=1S/C20H32N2O4S/c1-6-26-18-8-7-17(13-15(18)2)27(24,25)22-11-9-16(10-12-22)19(23)21-14-20(3,4)5/h7-8,13,16H,6,9-12,14H2,1-5H3,(H,21,23). The predicted octanol–water partition coefficient (Wildman–Crippen LogP) is 2.96. The first-order valence-electron chi connectivity index (χ1n) is 9.56. The second kappa shape index (κ2) is 8.61. The van der Waals surface area contributed by atoms with Crippen molar-refractivity contribution < 1.29 is 17.9 Å². The first-order valence-corrected chi connectivity index (χ1v) is 11.0. The number of nitrogens with one attached hydrogen (secondary N) is 1. The summed E-state index contributed by atoms with van der Waals surface area (Å²) in [5, 5.41) is 2.98. The Morgan fingerprint density at radius 3 is 2.41 bits per heavy atom. The van der Waals surface area contributed by atoms with Crippen LogP contribution < -0.4 is 10.1 Å². The molecule has 0 atom stereocenters. The zero-order chi connectivity index (χ0) is 20.2. The fraction of sp³-hybridized carbons (Fsp3) is 0.650. The van der Waals surface area contributed by atoms with Crippen molar-refractivity contribution in [1.29, 1.82) is 0 Å². The number of nitrogens with zero attached hydrogens (tertiary/aromatic N) is 1. The summed E-state index contributed by atoms with van der Waals surface area (Å²) >= 11 is 0. The Bertz CT molecular complexity index is 761. The van der Waals surface area contributed by atoms with Gasteiger partial charge in [-0.3, -0.25) is 4.79 Å². The van der Waals surface area contributed by atoms with Crippen molar-refractivity contribution in [3.8, 4) is 5.75 Å². The zero-order valence-electron chi connectivity index (χ0n) is 17.0. The molecule has 1 amide bonds. The van der Waals surface area contributed by atoms with Crippen molar-refractivity contribution in [3.05, 3.63) is 23.8 Å². The highest BCUT2D eigenvalue weighted by atomic mass is 32.2. The molecule has 1 saturated heterocycles. The van der Waals surface area contributed by atoms with Gasteiger partial charge in [0.2, 0.25) is 15.9 Å². The Hall–Kier alpha value is -1.60. The van der Waals surface area contributed by atoms with Gasteiger partial charge in [0.15, 0.2) is 0 Å². The van der Waals surface area contributed by atoms with Gasteiger partial charge in [0, 0.05) is 25.6 Å². The number of ether oxygens (including phenoxy) is 1. The van der Waals surface area contributed by atoms with Crippen molar-refractivity contribution >= 4 is 15.9 Å². The second-order valence-corrected chi connectivity index (χ2v) is 10.3. The maximum absolute atomic E-state index is 12.9. The van der Waals surface area contributed by atoms with Crippen LogP contribution in [0.15, 0.2) is 23.1 Å². The van der Waals surface area contributed by atoms with E-state index in [1.807, 2.05) is 13.8 Å². The van der Waals surface area contributed by atoms with Crippen molar-refractivity contribution in [2.24, 2.45) is 11.3 Å². The van der Waals surface area contributed by atoms with Crippen LogP contribution >= 0.6 is 0 Å². The molecule has 0 saturated carbocycles. The lowest BCUT2D eigenvalue weighted by atomic mass is 9.94. The summed E-state index contributed by atoms with van der Waals surface area (Å²) in [6.45, 7) is 11.8. The molecule has 0 aliphatic carbocycles. The number of sulfonamides is 1. The smallest absolute Gasteiger partial charge is 0.243 e. The fourth-order valence-corrected chi connectivity index (χ4v) is 4.66. The first-order chi connectivity index (χ1) is 12.5. The molecule has 0 bridgehead atoms. The molecule has 6 nitrogen and oxygen atoms in total. The highest BCUT2D eigenvalue weighted by Crippen LogP contribution is 2.27. The van der Waals surface area contributed by atoms with Crippen molar-refractivity contribution in [1.82, 2.24) is 9.62 Å². The predicted molar refractivity (Wildman–Crippen MR) is 106 cm³/mol. The number of rotatable bonds is 6. The third-order valence-electron chi connectivity index (χ3n) is 4.70. The lowest BCUT2D eigenvalue weighted by Crippen LogP contribution is -2.44. The van der Waals surface area contributed by atoms with Crippen molar-refractivity contribution in [2.45, 2.75) is 52.4 Å². The summed E-state index contributed by atoms with van der Waals surface area (Å²) in [6.07, 6.45) is 1.09. The molecule has 1 fully saturated rings. The van der Waals surface area contributed by atoms with E-state index in [-0.39, 0.29) is 22.1 Å². The van der Waals surface area contributed by atoms with Gasteiger partial charge in [-0.05, 0) is 55.9 Å². The Morgan fingerprint density at radius 1 is 1.26 bits per heavy atom. The second-order valence-electron chi connectivity index (χ2n) is 8.32. The number of amides is 1. The molecule has 1 N–H and O–H groups in total. The summed E-state index contributed by atoms with van der Waals surface area (Å²) in [7, 11) is -3.55. The van der Waals surface area contributed by atoms with E-state index in [4.69, 9.17) is 4.74 Å². The van der Waals surface area contributed by atoms with Crippen LogP contribution in [-0.4, -0.2) is 44.9 Å². The minimum absolute atomic E-state index is 0.0267. The number of hydrogen-bond acceptors (Lipinski definition) is 4. The number of hydrogen-bond donors (Lipinski definition) is 1. The molecule has 27 heavy (non-hydrogen) atoms. The lowest BCUT2D eigenvalue weighted by molar-refractivity contribution is -0.126. The average molecular weight is 397 g/mol. The van der Waals surface area contributed by atoms with Crippen molar-refractivity contribution in [3.63, 3.8) is 0 Å². The van der Waals surface area contributed by atoms with Gasteiger partial charge in [0.05, 0.1) is 11.5 Å². The van der Waals surface area contributed by atoms with E-state index < -0.39 is 10.0 Å². The van der Waals surface area contributed by atoms with Crippen LogP contribution in [0.4, 0.5) is 0 Å². The van der Waals surface area contributed by atoms with E-state index in [1.165, 1.54) is 4.31 Å². The molecule has 1 aliphatic heterocycles. The molecular weight excluding hydrogens is 364 g/mol. The molecule has 7 heteroatoms. The van der Waals surface area contributed by atoms with Crippen molar-refractivity contribution in [2.75, 3.05) is 26.2 Å². The van der Waals surface area contributed by atoms with Gasteiger partial charge < -0.3 is 10.1 Å². The first kappa shape index (κ1) is 21.7. The third kappa shape index (κ3) is 5.69. The van der Waals surface area contributed by atoms with Crippen LogP contribution in [0.5, 0.6) is 5.75 Å². The minimum Gasteiger partial charge on any atom is -0.494 e. The number of carbonyl (C=O) groups excluding carboxylic acids is 1. The summed E-state index contributed by atoms with van der Waals surface area (Å²) in [5.41, 5.74) is 0.833. The largest absolute Gasteiger partial charge is 0.494 e. The molecule has 1 heterocycles. The van der Waals surface area contributed by atoms with Crippen LogP contribution in [0.1, 0.15) is 46.1 Å². The third-order valence-corrected chi connectivity index (χ3v) is 6.60. The molecule has 1 aromatic carbocycles. The fourth-order valence-electron chi connectivity index (χ4n) is 3.10. The summed E-state index contributed by atoms with van der Waals surface area (Å²) in [6, 6.07) is 4.95. The number of carbonyl (C=O) groups is 1. The summed E-state index contributed by atoms with van der Waals surface area (Å²) in [4.78, 5) is 12.6. The van der Waals surface area contributed by atoms with Gasteiger partial charge in [-0.1, -0.05) is 20.8 Å². The van der Waals surface area contributed by atoms with E-state index >= 15 is 0 Å². The Morgan fingerprint density at radius 2 is 1.89 bits per heavy atom. The van der Waals surface area contributed by atoms with Crippen LogP contribution in [0.3, 0.4) is 0 Å². The number of piperidine rings is 1. The van der Waals surface area contributed by atoms with Gasteiger partial charge in [-0.25, -0.2) is 8.42 Å². The normalized spacial score (nSPS) is 16.9. The zero-order valence-corrected chi connectivity index (χ0v) is 17.9. The number of benzene rings is 1. The van der Waals surface area contributed by atoms with Gasteiger partial charge in [-0.2, -0.15) is 4.31 Å². The molecule has 0 radical (unpaired) electrons. The Kier molecular flexibility index (Phi) is 6.92. The molecule has 2 rings (SSSR count). The van der Waals surface area contributed by atoms with E-state index in [0.29, 0.717) is 44.8 Å². The van der Waals surface area contributed by atoms with Crippen LogP contribution in [-0.2, 0) is 14.8 Å². The highest BCUT2D eigenvalue weighted by Gasteiger charge is 2.32. The quantitative estimate of drug-likeness (QED) is 0.802. The van der Waals surface area contributed by atoms with E-state index in [1.54, 1.807) is 18.2 Å². The van der Waals surface area contributed by atoms with Gasteiger partial charge in [-0.15, -0.1) is 0 Å². The monoisotopic (exact) mass is 396 g/mol. The molecule has 1 aromatic rings. The van der Waals surface area contributed by atoms with Gasteiger partial charge >= 0.3 is 0 Å². The molecule has 0 spiro atoms. The van der Waals surface area contributed by atoms with Crippen LogP contribution in [0.25, 0.3) is 0 Å². The summed E-state index contributed by atoms with van der Waals surface area (Å²) < 4.78 is 32.8. The lowest BCUT2D eigenvalue weighted by Gasteiger charge is -2.31. The molecule has 0 unspecified atom stereocenters. The molecular formula is C20H32N2O4S. The van der Waals surface area contributed by atoms with E-state index in [0.717, 1.165) is 5.56 Å². The maximum Gasteiger partial charge on any atom is 0.243 e. The summed E-state index contributed by atoms with van der Waals surface area (Å²) in [5.74, 6) is 0.602. The SMILES string of the molecule is CCOc1ccc(S(=O)(=O)N2CCC(C(=O)NCC(C)(C)C)CC2)cc1C. The van der Waals surface area contributed by atoms with Gasteiger partial charge in [0.1, 0.15) is 5.75 Å². The number of aryl methyl sites for hydroxylation is 1. The highest BCUT2D eigenvalue weighted by molar-refractivity contribution is 7.89. The molecule has 1 aliphatic rings. The van der Waals surface area contributed by atoms with E-state index in [9.17, 15) is 13.2 Å². The van der Waals surface area contributed by atoms with Crippen LogP contribution in [0.2, 0.25) is 0 Å². The van der Waals surface area contributed by atoms with Crippen LogP contribution in [0, 0.1) is 18.3 Å². The van der Waals surface area contributed by atoms with Gasteiger partial charge in [0.25, 0.3) is 0 Å². The minimum atomic E-state index is -3.55. The Balaban J connectivity index is 2.00. The molecule has 152 valence electrons. The Labute approximate surface area is 163 Å².